The average Bonchev–Trinajstić information content (AvgIpc) is 2.81. The van der Waals surface area contributed by atoms with Crippen LogP contribution in [0.15, 0.2) is 0 Å². The van der Waals surface area contributed by atoms with Crippen LogP contribution >= 0.6 is 11.3 Å². The van der Waals surface area contributed by atoms with Crippen molar-refractivity contribution in [1.29, 1.82) is 0 Å². The van der Waals surface area contributed by atoms with Gasteiger partial charge in [-0.25, -0.2) is 4.98 Å². The third-order valence-corrected chi connectivity index (χ3v) is 4.58. The van der Waals surface area contributed by atoms with Crippen molar-refractivity contribution >= 4 is 11.3 Å². The van der Waals surface area contributed by atoms with Crippen LogP contribution in [0, 0.1) is 13.8 Å². The van der Waals surface area contributed by atoms with Crippen molar-refractivity contribution in [1.82, 2.24) is 15.2 Å². The Morgan fingerprint density at radius 2 is 2.29 bits per heavy atom. The number of aromatic nitrogens is 1. The van der Waals surface area contributed by atoms with Crippen LogP contribution in [0.1, 0.15) is 41.4 Å². The Bertz CT molecular complexity index is 375. The van der Waals surface area contributed by atoms with E-state index in [1.54, 1.807) is 11.3 Å². The second-order valence-electron chi connectivity index (χ2n) is 5.08. The summed E-state index contributed by atoms with van der Waals surface area (Å²) < 4.78 is 0. The van der Waals surface area contributed by atoms with Crippen molar-refractivity contribution in [3.05, 3.63) is 15.6 Å². The van der Waals surface area contributed by atoms with Crippen LogP contribution in [0.3, 0.4) is 0 Å². The van der Waals surface area contributed by atoms with Gasteiger partial charge < -0.3 is 10.2 Å². The normalized spacial score (nSPS) is 23.2. The largest absolute Gasteiger partial charge is 0.307 e. The van der Waals surface area contributed by atoms with Gasteiger partial charge in [-0.15, -0.1) is 11.3 Å². The molecule has 2 heterocycles. The quantitative estimate of drug-likeness (QED) is 0.893. The molecule has 0 amide bonds. The summed E-state index contributed by atoms with van der Waals surface area (Å²) in [7, 11) is 2.22. The molecule has 0 saturated carbocycles. The third kappa shape index (κ3) is 3.06. The van der Waals surface area contributed by atoms with Gasteiger partial charge in [0, 0.05) is 23.5 Å². The fourth-order valence-corrected chi connectivity index (χ4v) is 3.51. The molecule has 0 bridgehead atoms. The molecular weight excluding hydrogens is 230 g/mol. The van der Waals surface area contributed by atoms with Gasteiger partial charge in [0.25, 0.3) is 0 Å². The monoisotopic (exact) mass is 253 g/mol. The maximum Gasteiger partial charge on any atom is 0.0900 e. The minimum Gasteiger partial charge on any atom is -0.307 e. The lowest BCUT2D eigenvalue weighted by Gasteiger charge is -2.22. The first-order valence-electron chi connectivity index (χ1n) is 6.45. The Labute approximate surface area is 108 Å². The van der Waals surface area contributed by atoms with Crippen LogP contribution in [0.2, 0.25) is 0 Å². The highest BCUT2D eigenvalue weighted by Gasteiger charge is 2.21. The van der Waals surface area contributed by atoms with Crippen molar-refractivity contribution in [2.24, 2.45) is 0 Å². The number of nitrogens with one attached hydrogen (secondary N) is 1. The molecule has 17 heavy (non-hydrogen) atoms. The number of likely N-dealkylation sites (tertiary alicyclic amines) is 1. The number of nitrogens with zero attached hydrogens (tertiary/aromatic N) is 2. The second-order valence-corrected chi connectivity index (χ2v) is 6.49. The molecule has 2 unspecified atom stereocenters. The zero-order valence-corrected chi connectivity index (χ0v) is 12.1. The SMILES string of the molecule is Cc1nc(C(C)NCC2CCCN2C)c(C)s1. The van der Waals surface area contributed by atoms with E-state index >= 15 is 0 Å². The Hall–Kier alpha value is -0.450. The topological polar surface area (TPSA) is 28.2 Å². The van der Waals surface area contributed by atoms with Gasteiger partial charge >= 0.3 is 0 Å². The predicted octanol–water partition coefficient (Wildman–Crippen LogP) is 2.50. The molecule has 2 atom stereocenters. The third-order valence-electron chi connectivity index (χ3n) is 3.68. The van der Waals surface area contributed by atoms with Crippen LogP contribution in [0.5, 0.6) is 0 Å². The molecule has 1 aromatic heterocycles. The van der Waals surface area contributed by atoms with E-state index < -0.39 is 0 Å². The first-order valence-corrected chi connectivity index (χ1v) is 7.27. The van der Waals surface area contributed by atoms with Crippen molar-refractivity contribution in [3.8, 4) is 0 Å². The lowest BCUT2D eigenvalue weighted by molar-refractivity contribution is 0.293. The van der Waals surface area contributed by atoms with Crippen LogP contribution in [-0.2, 0) is 0 Å². The van der Waals surface area contributed by atoms with Gasteiger partial charge in [0.05, 0.1) is 10.7 Å². The van der Waals surface area contributed by atoms with Crippen LogP contribution in [0.4, 0.5) is 0 Å². The minimum absolute atomic E-state index is 0.369. The maximum atomic E-state index is 4.62. The lowest BCUT2D eigenvalue weighted by Crippen LogP contribution is -2.36. The summed E-state index contributed by atoms with van der Waals surface area (Å²) in [4.78, 5) is 8.42. The number of likely N-dealkylation sites (N-methyl/N-ethyl adjacent to an activating group) is 1. The Balaban J connectivity index is 1.88. The summed E-state index contributed by atoms with van der Waals surface area (Å²) in [6.07, 6.45) is 2.66. The smallest absolute Gasteiger partial charge is 0.0900 e. The molecule has 0 radical (unpaired) electrons. The average molecular weight is 253 g/mol. The minimum atomic E-state index is 0.369. The Kier molecular flexibility index (Phi) is 4.17. The summed E-state index contributed by atoms with van der Waals surface area (Å²) in [5.74, 6) is 0. The van der Waals surface area contributed by atoms with E-state index in [4.69, 9.17) is 0 Å². The van der Waals surface area contributed by atoms with Crippen LogP contribution in [-0.4, -0.2) is 36.1 Å². The number of hydrogen-bond acceptors (Lipinski definition) is 4. The van der Waals surface area contributed by atoms with Crippen molar-refractivity contribution < 1.29 is 0 Å². The molecule has 1 fully saturated rings. The maximum absolute atomic E-state index is 4.62. The lowest BCUT2D eigenvalue weighted by atomic mass is 10.2. The van der Waals surface area contributed by atoms with Crippen LogP contribution in [0.25, 0.3) is 0 Å². The molecule has 0 aromatic carbocycles. The zero-order chi connectivity index (χ0) is 12.4. The molecule has 1 aliphatic rings. The Morgan fingerprint density at radius 1 is 1.53 bits per heavy atom. The highest BCUT2D eigenvalue weighted by Crippen LogP contribution is 2.23. The number of hydrogen-bond donors (Lipinski definition) is 1. The standard InChI is InChI=1S/C13H23N3S/c1-9(13-10(2)17-11(3)15-13)14-8-12-6-5-7-16(12)4/h9,12,14H,5-8H2,1-4H3. The van der Waals surface area contributed by atoms with Gasteiger partial charge in [-0.1, -0.05) is 0 Å². The van der Waals surface area contributed by atoms with E-state index in [1.807, 2.05) is 0 Å². The van der Waals surface area contributed by atoms with Gasteiger partial charge in [0.2, 0.25) is 0 Å². The first kappa shape index (κ1) is 13.0. The first-order chi connectivity index (χ1) is 8.08. The second kappa shape index (κ2) is 5.46. The molecule has 1 saturated heterocycles. The highest BCUT2D eigenvalue weighted by atomic mass is 32.1. The van der Waals surface area contributed by atoms with Crippen molar-refractivity contribution in [3.63, 3.8) is 0 Å². The summed E-state index contributed by atoms with van der Waals surface area (Å²) in [5, 5.41) is 4.80. The van der Waals surface area contributed by atoms with Crippen molar-refractivity contribution in [2.75, 3.05) is 20.1 Å². The predicted molar refractivity (Wildman–Crippen MR) is 73.7 cm³/mol. The Morgan fingerprint density at radius 3 is 2.82 bits per heavy atom. The van der Waals surface area contributed by atoms with Crippen molar-refractivity contribution in [2.45, 2.75) is 45.7 Å². The van der Waals surface area contributed by atoms with Crippen LogP contribution < -0.4 is 5.32 Å². The van der Waals surface area contributed by atoms with E-state index in [9.17, 15) is 0 Å². The molecular formula is C13H23N3S. The van der Waals surface area contributed by atoms with Gasteiger partial charge in [0.15, 0.2) is 0 Å². The fourth-order valence-electron chi connectivity index (χ4n) is 2.59. The molecule has 2 rings (SSSR count). The highest BCUT2D eigenvalue weighted by molar-refractivity contribution is 7.11. The van der Waals surface area contributed by atoms with E-state index in [0.717, 1.165) is 6.54 Å². The molecule has 4 heteroatoms. The van der Waals surface area contributed by atoms with E-state index in [-0.39, 0.29) is 0 Å². The molecule has 1 N–H and O–H groups in total. The molecule has 96 valence electrons. The summed E-state index contributed by atoms with van der Waals surface area (Å²) in [5.41, 5.74) is 1.23. The summed E-state index contributed by atoms with van der Waals surface area (Å²) in [6, 6.07) is 1.08. The van der Waals surface area contributed by atoms with Gasteiger partial charge in [0.1, 0.15) is 0 Å². The summed E-state index contributed by atoms with van der Waals surface area (Å²) >= 11 is 1.79. The van der Waals surface area contributed by atoms with E-state index in [2.05, 4.69) is 43.0 Å². The number of aryl methyl sites for hydroxylation is 2. The summed E-state index contributed by atoms with van der Waals surface area (Å²) in [6.45, 7) is 8.79. The number of rotatable bonds is 4. The van der Waals surface area contributed by atoms with Gasteiger partial charge in [-0.2, -0.15) is 0 Å². The molecule has 1 aliphatic heterocycles. The fraction of sp³-hybridized carbons (Fsp3) is 0.769. The van der Waals surface area contributed by atoms with E-state index in [1.165, 1.54) is 35.0 Å². The molecule has 3 nitrogen and oxygen atoms in total. The molecule has 0 aliphatic carbocycles. The molecule has 0 spiro atoms. The zero-order valence-electron chi connectivity index (χ0n) is 11.3. The van der Waals surface area contributed by atoms with E-state index in [0.29, 0.717) is 12.1 Å². The van der Waals surface area contributed by atoms with Gasteiger partial charge in [-0.3, -0.25) is 0 Å². The van der Waals surface area contributed by atoms with Gasteiger partial charge in [-0.05, 0) is 47.2 Å². The number of thiazole rings is 1. The molecule has 1 aromatic rings.